The lowest BCUT2D eigenvalue weighted by Crippen LogP contribution is -2.45. The van der Waals surface area contributed by atoms with Crippen LogP contribution in [0.25, 0.3) is 33.1 Å². The quantitative estimate of drug-likeness (QED) is 0.0660. The lowest BCUT2D eigenvalue weighted by atomic mass is 9.79. The van der Waals surface area contributed by atoms with Crippen molar-refractivity contribution in [1.29, 1.82) is 0 Å². The van der Waals surface area contributed by atoms with E-state index in [9.17, 15) is 28.8 Å². The van der Waals surface area contributed by atoms with Gasteiger partial charge in [0, 0.05) is 43.2 Å². The summed E-state index contributed by atoms with van der Waals surface area (Å²) in [4.78, 5) is 84.0. The predicted molar refractivity (Wildman–Crippen MR) is 208 cm³/mol. The number of carbonyl (C=O) groups is 6. The Morgan fingerprint density at radius 1 is 0.491 bits per heavy atom. The van der Waals surface area contributed by atoms with Crippen LogP contribution in [0.4, 0.5) is 0 Å². The molecule has 0 saturated heterocycles. The molecule has 6 aromatic rings. The first-order valence-electron chi connectivity index (χ1n) is 17.3. The highest BCUT2D eigenvalue weighted by molar-refractivity contribution is 7.23. The van der Waals surface area contributed by atoms with E-state index in [2.05, 4.69) is 0 Å². The zero-order valence-electron chi connectivity index (χ0n) is 28.7. The number of rotatable bonds is 8. The van der Waals surface area contributed by atoms with Crippen molar-refractivity contribution in [1.82, 2.24) is 0 Å². The number of ketones is 4. The molecular formula is C45H26O8S2. The van der Waals surface area contributed by atoms with Gasteiger partial charge < -0.3 is 9.47 Å². The summed E-state index contributed by atoms with van der Waals surface area (Å²) in [6.45, 7) is -0.248. The molecule has 0 fully saturated rings. The third kappa shape index (κ3) is 5.48. The van der Waals surface area contributed by atoms with Gasteiger partial charge in [-0.2, -0.15) is 0 Å². The fourth-order valence-corrected chi connectivity index (χ4v) is 9.80. The Labute approximate surface area is 322 Å². The second-order valence-corrected chi connectivity index (χ2v) is 15.3. The minimum atomic E-state index is -2.10. The van der Waals surface area contributed by atoms with Crippen molar-refractivity contribution in [2.75, 3.05) is 0 Å². The summed E-state index contributed by atoms with van der Waals surface area (Å²) in [5.41, 5.74) is 2.01. The summed E-state index contributed by atoms with van der Waals surface area (Å²) in [7, 11) is 0. The summed E-state index contributed by atoms with van der Waals surface area (Å²) in [6, 6.07) is 35.0. The van der Waals surface area contributed by atoms with E-state index in [1.165, 1.54) is 22.7 Å². The van der Waals surface area contributed by atoms with Crippen molar-refractivity contribution in [3.05, 3.63) is 176 Å². The fraction of sp³-hybridized carbons (Fsp3) is 0.0667. The number of hydrogen-bond donors (Lipinski definition) is 0. The summed E-state index contributed by atoms with van der Waals surface area (Å²) >= 11 is 2.51. The highest BCUT2D eigenvalue weighted by Crippen LogP contribution is 2.58. The van der Waals surface area contributed by atoms with E-state index in [1.54, 1.807) is 97.1 Å². The van der Waals surface area contributed by atoms with Crippen LogP contribution in [-0.2, 0) is 47.3 Å². The molecular weight excluding hydrogens is 733 g/mol. The second kappa shape index (κ2) is 13.3. The van der Waals surface area contributed by atoms with Crippen LogP contribution in [0.1, 0.15) is 63.9 Å². The van der Waals surface area contributed by atoms with Gasteiger partial charge in [-0.1, -0.05) is 109 Å². The van der Waals surface area contributed by atoms with Crippen molar-refractivity contribution < 1.29 is 38.2 Å². The molecule has 3 aliphatic rings. The lowest BCUT2D eigenvalue weighted by Gasteiger charge is -2.26. The van der Waals surface area contributed by atoms with E-state index in [0.29, 0.717) is 64.0 Å². The molecule has 8 nitrogen and oxygen atoms in total. The molecule has 0 atom stereocenters. The minimum Gasteiger partial charge on any atom is -0.459 e. The number of benzene rings is 4. The third-order valence-electron chi connectivity index (χ3n) is 9.95. The number of thiophene rings is 2. The number of Topliss-reactive ketones (excluding diaryl/α,β-unsaturated/α-hetero) is 4. The summed E-state index contributed by atoms with van der Waals surface area (Å²) in [5.74, 6) is -4.22. The SMILES string of the molecule is O=C1C(=O)c2ccccc2/C1=C/c1cc2c(s1)-c1sc(/C=C3\C(=O)C(=O)c4ccccc43)cc1C2(C(=O)OCc1ccccc1)C(=O)OCc1ccccc1. The first kappa shape index (κ1) is 34.2. The second-order valence-electron chi connectivity index (χ2n) is 13.2. The molecule has 3 aliphatic carbocycles. The highest BCUT2D eigenvalue weighted by atomic mass is 32.1. The maximum atomic E-state index is 14.8. The molecule has 0 spiro atoms. The predicted octanol–water partition coefficient (Wildman–Crippen LogP) is 8.17. The van der Waals surface area contributed by atoms with Crippen LogP contribution in [0.5, 0.6) is 0 Å². The van der Waals surface area contributed by atoms with Gasteiger partial charge in [-0.15, -0.1) is 22.7 Å². The van der Waals surface area contributed by atoms with Gasteiger partial charge in [0.1, 0.15) is 13.2 Å². The van der Waals surface area contributed by atoms with E-state index in [0.717, 1.165) is 0 Å². The van der Waals surface area contributed by atoms with Crippen molar-refractivity contribution in [3.8, 4) is 9.75 Å². The van der Waals surface area contributed by atoms with Crippen LogP contribution in [0.15, 0.2) is 121 Å². The molecule has 0 amide bonds. The summed E-state index contributed by atoms with van der Waals surface area (Å²) in [5, 5.41) is 0. The zero-order chi connectivity index (χ0) is 37.8. The Morgan fingerprint density at radius 2 is 0.855 bits per heavy atom. The molecule has 9 rings (SSSR count). The number of carbonyl (C=O) groups excluding carboxylic acids is 6. The first-order valence-corrected chi connectivity index (χ1v) is 18.9. The maximum Gasteiger partial charge on any atom is 0.333 e. The van der Waals surface area contributed by atoms with E-state index in [1.807, 2.05) is 36.4 Å². The smallest absolute Gasteiger partial charge is 0.333 e. The topological polar surface area (TPSA) is 121 Å². The molecule has 55 heavy (non-hydrogen) atoms. The van der Waals surface area contributed by atoms with Crippen LogP contribution in [0.2, 0.25) is 0 Å². The van der Waals surface area contributed by atoms with E-state index in [-0.39, 0.29) is 24.4 Å². The summed E-state index contributed by atoms with van der Waals surface area (Å²) < 4.78 is 12.0. The molecule has 0 aliphatic heterocycles. The molecule has 10 heteroatoms. The number of allylic oxidation sites excluding steroid dienone is 2. The number of esters is 2. The molecule has 266 valence electrons. The molecule has 4 aromatic carbocycles. The number of fused-ring (bicyclic) bond motifs is 5. The van der Waals surface area contributed by atoms with Crippen LogP contribution < -0.4 is 0 Å². The molecule has 2 heterocycles. The van der Waals surface area contributed by atoms with Crippen LogP contribution in [-0.4, -0.2) is 35.1 Å². The highest BCUT2D eigenvalue weighted by Gasteiger charge is 2.60. The standard InChI is InChI=1S/C45H26O8S2/c46-37-31-17-9-7-15-29(31)33(39(37)48)19-27-21-35-41(54-27)42-36(22-28(55-42)20-34-30-16-8-10-18-32(30)38(47)40(34)49)45(35,43(50)52-23-25-11-3-1-4-12-25)44(51)53-24-26-13-5-2-6-14-26/h1-22H,23-24H2/b33-19-,34-20-. The van der Waals surface area contributed by atoms with Crippen LogP contribution in [0.3, 0.4) is 0 Å². The van der Waals surface area contributed by atoms with Crippen molar-refractivity contribution >= 4 is 81.0 Å². The molecule has 0 N–H and O–H groups in total. The minimum absolute atomic E-state index is 0.124. The van der Waals surface area contributed by atoms with E-state index < -0.39 is 40.5 Å². The van der Waals surface area contributed by atoms with Crippen molar-refractivity contribution in [3.63, 3.8) is 0 Å². The van der Waals surface area contributed by atoms with Crippen LogP contribution >= 0.6 is 22.7 Å². The van der Waals surface area contributed by atoms with E-state index >= 15 is 0 Å². The monoisotopic (exact) mass is 758 g/mol. The zero-order valence-corrected chi connectivity index (χ0v) is 30.3. The van der Waals surface area contributed by atoms with Gasteiger partial charge in [0.2, 0.25) is 28.5 Å². The first-order chi connectivity index (χ1) is 26.8. The Kier molecular flexibility index (Phi) is 8.29. The lowest BCUT2D eigenvalue weighted by molar-refractivity contribution is -0.164. The Bertz CT molecular complexity index is 2530. The molecule has 2 aromatic heterocycles. The average Bonchev–Trinajstić information content (AvgIpc) is 3.99. The van der Waals surface area contributed by atoms with E-state index in [4.69, 9.17) is 9.47 Å². The maximum absolute atomic E-state index is 14.8. The van der Waals surface area contributed by atoms with Crippen molar-refractivity contribution in [2.45, 2.75) is 18.6 Å². The van der Waals surface area contributed by atoms with Gasteiger partial charge in [-0.25, -0.2) is 0 Å². The van der Waals surface area contributed by atoms with Gasteiger partial charge in [-0.05, 0) is 46.5 Å². The molecule has 0 saturated carbocycles. The molecule has 0 bridgehead atoms. The van der Waals surface area contributed by atoms with Gasteiger partial charge in [0.15, 0.2) is 0 Å². The van der Waals surface area contributed by atoms with Gasteiger partial charge in [-0.3, -0.25) is 28.8 Å². The normalized spacial score (nSPS) is 16.3. The van der Waals surface area contributed by atoms with Gasteiger partial charge in [0.25, 0.3) is 0 Å². The average molecular weight is 759 g/mol. The Balaban J connectivity index is 1.22. The van der Waals surface area contributed by atoms with Crippen molar-refractivity contribution in [2.24, 2.45) is 0 Å². The Morgan fingerprint density at radius 3 is 1.25 bits per heavy atom. The third-order valence-corrected chi connectivity index (χ3v) is 12.3. The Hall–Kier alpha value is -6.62. The molecule has 0 unspecified atom stereocenters. The fourth-order valence-electron chi connectivity index (χ4n) is 7.32. The molecule has 0 radical (unpaired) electrons. The summed E-state index contributed by atoms with van der Waals surface area (Å²) in [6.07, 6.45) is 3.22. The number of ether oxygens (including phenoxy) is 2. The van der Waals surface area contributed by atoms with Crippen LogP contribution in [0, 0.1) is 0 Å². The number of hydrogen-bond acceptors (Lipinski definition) is 10. The van der Waals surface area contributed by atoms with Gasteiger partial charge in [0.05, 0.1) is 9.75 Å². The largest absolute Gasteiger partial charge is 0.459 e. The van der Waals surface area contributed by atoms with Gasteiger partial charge >= 0.3 is 11.9 Å².